The summed E-state index contributed by atoms with van der Waals surface area (Å²) in [4.78, 5) is 33.7. The first kappa shape index (κ1) is 18.8. The van der Waals surface area contributed by atoms with Crippen molar-refractivity contribution in [3.8, 4) is 17.0 Å². The lowest BCUT2D eigenvalue weighted by atomic mass is 10.1. The van der Waals surface area contributed by atoms with Crippen LogP contribution in [0.3, 0.4) is 0 Å². The highest BCUT2D eigenvalue weighted by Gasteiger charge is 2.14. The fourth-order valence-corrected chi connectivity index (χ4v) is 3.59. The van der Waals surface area contributed by atoms with Crippen molar-refractivity contribution in [1.82, 2.24) is 14.5 Å². The summed E-state index contributed by atoms with van der Waals surface area (Å²) in [6.07, 6.45) is 0. The van der Waals surface area contributed by atoms with Crippen LogP contribution >= 0.6 is 11.3 Å². The Balaban J connectivity index is 1.76. The lowest BCUT2D eigenvalue weighted by molar-refractivity contribution is -0.116. The first-order chi connectivity index (χ1) is 12.9. The maximum Gasteiger partial charge on any atom is 0.348 e. The van der Waals surface area contributed by atoms with Crippen LogP contribution in [0.1, 0.15) is 16.3 Å². The SMILES string of the molecule is COc1ccc(-c2nc(NC(=O)Cn3c(C)cc(C)nc3=O)sc2C)cc1. The molecule has 0 bridgehead atoms. The van der Waals surface area contributed by atoms with Gasteiger partial charge < -0.3 is 10.1 Å². The molecule has 2 aromatic heterocycles. The van der Waals surface area contributed by atoms with Gasteiger partial charge in [-0.3, -0.25) is 9.36 Å². The number of hydrogen-bond donors (Lipinski definition) is 1. The summed E-state index contributed by atoms with van der Waals surface area (Å²) in [6.45, 7) is 5.37. The third-order valence-corrected chi connectivity index (χ3v) is 4.94. The minimum Gasteiger partial charge on any atom is -0.497 e. The van der Waals surface area contributed by atoms with E-state index in [2.05, 4.69) is 15.3 Å². The molecule has 0 radical (unpaired) electrons. The summed E-state index contributed by atoms with van der Waals surface area (Å²) in [5.74, 6) is 0.452. The van der Waals surface area contributed by atoms with E-state index in [1.54, 1.807) is 27.0 Å². The van der Waals surface area contributed by atoms with Crippen LogP contribution in [0.4, 0.5) is 5.13 Å². The molecule has 0 aliphatic heterocycles. The maximum absolute atomic E-state index is 12.4. The average Bonchev–Trinajstić information content (AvgIpc) is 2.98. The zero-order valence-electron chi connectivity index (χ0n) is 15.6. The molecule has 0 saturated heterocycles. The van der Waals surface area contributed by atoms with Crippen molar-refractivity contribution in [3.05, 3.63) is 57.1 Å². The van der Waals surface area contributed by atoms with Gasteiger partial charge in [-0.1, -0.05) is 0 Å². The highest BCUT2D eigenvalue weighted by atomic mass is 32.1. The number of rotatable bonds is 5. The van der Waals surface area contributed by atoms with Gasteiger partial charge in [0.05, 0.1) is 12.8 Å². The lowest BCUT2D eigenvalue weighted by Gasteiger charge is -2.09. The summed E-state index contributed by atoms with van der Waals surface area (Å²) in [5, 5.41) is 3.26. The van der Waals surface area contributed by atoms with E-state index >= 15 is 0 Å². The Bertz CT molecular complexity index is 1040. The van der Waals surface area contributed by atoms with Crippen molar-refractivity contribution in [3.63, 3.8) is 0 Å². The molecule has 0 fully saturated rings. The maximum atomic E-state index is 12.4. The van der Waals surface area contributed by atoms with Crippen molar-refractivity contribution in [2.24, 2.45) is 0 Å². The van der Waals surface area contributed by atoms with E-state index in [0.717, 1.165) is 21.9 Å². The van der Waals surface area contributed by atoms with E-state index in [1.807, 2.05) is 31.2 Å². The summed E-state index contributed by atoms with van der Waals surface area (Å²) in [5.41, 5.74) is 2.64. The van der Waals surface area contributed by atoms with Crippen LogP contribution in [0, 0.1) is 20.8 Å². The molecule has 0 atom stereocenters. The summed E-state index contributed by atoms with van der Waals surface area (Å²) >= 11 is 1.39. The van der Waals surface area contributed by atoms with E-state index in [0.29, 0.717) is 16.5 Å². The van der Waals surface area contributed by atoms with Gasteiger partial charge in [0.2, 0.25) is 5.91 Å². The number of ether oxygens (including phenoxy) is 1. The molecule has 3 aromatic rings. The number of carbonyl (C=O) groups is 1. The molecular formula is C19H20N4O3S. The van der Waals surface area contributed by atoms with Gasteiger partial charge in [0.25, 0.3) is 0 Å². The largest absolute Gasteiger partial charge is 0.497 e. The zero-order valence-corrected chi connectivity index (χ0v) is 16.4. The molecule has 1 aromatic carbocycles. The second-order valence-electron chi connectivity index (χ2n) is 6.11. The molecule has 0 aliphatic rings. The van der Waals surface area contributed by atoms with Crippen molar-refractivity contribution in [1.29, 1.82) is 0 Å². The molecule has 1 amide bonds. The van der Waals surface area contributed by atoms with Gasteiger partial charge in [-0.15, -0.1) is 11.3 Å². The molecule has 7 nitrogen and oxygen atoms in total. The third kappa shape index (κ3) is 4.22. The summed E-state index contributed by atoms with van der Waals surface area (Å²) in [7, 11) is 1.62. The molecule has 0 spiro atoms. The predicted molar refractivity (Wildman–Crippen MR) is 105 cm³/mol. The van der Waals surface area contributed by atoms with Gasteiger partial charge >= 0.3 is 5.69 Å². The molecule has 140 valence electrons. The summed E-state index contributed by atoms with van der Waals surface area (Å²) in [6, 6.07) is 9.35. The minimum atomic E-state index is -0.433. The second-order valence-corrected chi connectivity index (χ2v) is 7.31. The van der Waals surface area contributed by atoms with Crippen molar-refractivity contribution < 1.29 is 9.53 Å². The van der Waals surface area contributed by atoms with Crippen LogP contribution in [-0.4, -0.2) is 27.6 Å². The van der Waals surface area contributed by atoms with E-state index < -0.39 is 5.69 Å². The molecule has 0 saturated carbocycles. The number of benzene rings is 1. The number of aryl methyl sites for hydroxylation is 3. The quantitative estimate of drug-likeness (QED) is 0.731. The number of amides is 1. The Labute approximate surface area is 160 Å². The number of nitrogens with zero attached hydrogens (tertiary/aromatic N) is 3. The number of hydrogen-bond acceptors (Lipinski definition) is 6. The number of nitrogens with one attached hydrogen (secondary N) is 1. The van der Waals surface area contributed by atoms with Crippen LogP contribution in [-0.2, 0) is 11.3 Å². The standard InChI is InChI=1S/C19H20N4O3S/c1-11-9-12(2)23(19(25)20-11)10-16(24)21-18-22-17(13(3)27-18)14-5-7-15(26-4)8-6-14/h5-9H,10H2,1-4H3,(H,21,22,24). The highest BCUT2D eigenvalue weighted by Crippen LogP contribution is 2.31. The Morgan fingerprint density at radius 2 is 1.89 bits per heavy atom. The van der Waals surface area contributed by atoms with Crippen LogP contribution in [0.25, 0.3) is 11.3 Å². The zero-order chi connectivity index (χ0) is 19.6. The van der Waals surface area contributed by atoms with E-state index in [4.69, 9.17) is 4.74 Å². The predicted octanol–water partition coefficient (Wildman–Crippen LogP) is 2.94. The average molecular weight is 384 g/mol. The van der Waals surface area contributed by atoms with Gasteiger partial charge in [-0.2, -0.15) is 4.98 Å². The summed E-state index contributed by atoms with van der Waals surface area (Å²) < 4.78 is 6.51. The van der Waals surface area contributed by atoms with Crippen molar-refractivity contribution in [2.45, 2.75) is 27.3 Å². The van der Waals surface area contributed by atoms with E-state index in [9.17, 15) is 9.59 Å². The Hall–Kier alpha value is -3.00. The normalized spacial score (nSPS) is 10.7. The second kappa shape index (κ2) is 7.71. The third-order valence-electron chi connectivity index (χ3n) is 4.05. The first-order valence-corrected chi connectivity index (χ1v) is 9.16. The monoisotopic (exact) mass is 384 g/mol. The molecule has 3 rings (SSSR count). The topological polar surface area (TPSA) is 86.1 Å². The van der Waals surface area contributed by atoms with Gasteiger partial charge in [0.15, 0.2) is 5.13 Å². The molecule has 27 heavy (non-hydrogen) atoms. The van der Waals surface area contributed by atoms with Gasteiger partial charge in [-0.05, 0) is 51.1 Å². The molecular weight excluding hydrogens is 364 g/mol. The van der Waals surface area contributed by atoms with Crippen LogP contribution in [0.5, 0.6) is 5.75 Å². The number of anilines is 1. The van der Waals surface area contributed by atoms with Crippen LogP contribution < -0.4 is 15.7 Å². The fraction of sp³-hybridized carbons (Fsp3) is 0.263. The fourth-order valence-electron chi connectivity index (χ4n) is 2.74. The molecule has 2 heterocycles. The number of thiazole rings is 1. The molecule has 0 unspecified atom stereocenters. The highest BCUT2D eigenvalue weighted by molar-refractivity contribution is 7.16. The van der Waals surface area contributed by atoms with E-state index in [1.165, 1.54) is 15.9 Å². The number of carbonyl (C=O) groups excluding carboxylic acids is 1. The van der Waals surface area contributed by atoms with Gasteiger partial charge in [0.1, 0.15) is 12.3 Å². The smallest absolute Gasteiger partial charge is 0.348 e. The first-order valence-electron chi connectivity index (χ1n) is 8.34. The number of methoxy groups -OCH3 is 1. The molecule has 0 aliphatic carbocycles. The Morgan fingerprint density at radius 3 is 2.52 bits per heavy atom. The minimum absolute atomic E-state index is 0.103. The lowest BCUT2D eigenvalue weighted by Crippen LogP contribution is -2.31. The van der Waals surface area contributed by atoms with Gasteiger partial charge in [-0.25, -0.2) is 9.78 Å². The Kier molecular flexibility index (Phi) is 5.36. The van der Waals surface area contributed by atoms with Crippen molar-refractivity contribution in [2.75, 3.05) is 12.4 Å². The number of aromatic nitrogens is 3. The molecule has 1 N–H and O–H groups in total. The molecule has 8 heteroatoms. The van der Waals surface area contributed by atoms with E-state index in [-0.39, 0.29) is 12.5 Å². The Morgan fingerprint density at radius 1 is 1.19 bits per heavy atom. The van der Waals surface area contributed by atoms with Crippen LogP contribution in [0.15, 0.2) is 35.1 Å². The van der Waals surface area contributed by atoms with Crippen molar-refractivity contribution >= 4 is 22.4 Å². The van der Waals surface area contributed by atoms with Crippen LogP contribution in [0.2, 0.25) is 0 Å². The van der Waals surface area contributed by atoms with Gasteiger partial charge in [0, 0.05) is 21.8 Å².